The summed E-state index contributed by atoms with van der Waals surface area (Å²) >= 11 is 1.13. The lowest BCUT2D eigenvalue weighted by atomic mass is 10.0. The minimum atomic E-state index is -4.57. The van der Waals surface area contributed by atoms with E-state index in [0.717, 1.165) is 29.5 Å². The van der Waals surface area contributed by atoms with Gasteiger partial charge in [0.25, 0.3) is 5.91 Å². The number of para-hydroxylation sites is 1. The van der Waals surface area contributed by atoms with Gasteiger partial charge in [-0.2, -0.15) is 13.2 Å². The number of hydrogen-bond acceptors (Lipinski definition) is 4. The van der Waals surface area contributed by atoms with Crippen LogP contribution in [0.5, 0.6) is 5.75 Å². The molecule has 0 N–H and O–H groups in total. The molecule has 174 valence electrons. The number of amides is 2. The normalized spacial score (nSPS) is 19.8. The van der Waals surface area contributed by atoms with Crippen molar-refractivity contribution in [3.05, 3.63) is 89.5 Å². The zero-order chi connectivity index (χ0) is 24.1. The van der Waals surface area contributed by atoms with Crippen LogP contribution in [-0.4, -0.2) is 24.7 Å². The van der Waals surface area contributed by atoms with E-state index in [4.69, 9.17) is 4.74 Å². The maximum atomic E-state index is 14.0. The lowest BCUT2D eigenvalue weighted by Crippen LogP contribution is -2.49. The molecule has 34 heavy (non-hydrogen) atoms. The highest BCUT2D eigenvalue weighted by atomic mass is 32.2. The molecular weight excluding hydrogens is 465 g/mol. The van der Waals surface area contributed by atoms with Crippen LogP contribution >= 0.6 is 11.8 Å². The van der Waals surface area contributed by atoms with Crippen LogP contribution < -0.4 is 14.5 Å². The number of carbonyl (C=O) groups excluding carboxylic acids is 2. The number of anilines is 2. The van der Waals surface area contributed by atoms with E-state index in [1.54, 1.807) is 42.3 Å². The summed E-state index contributed by atoms with van der Waals surface area (Å²) in [6.07, 6.45) is -4.57. The third-order valence-corrected chi connectivity index (χ3v) is 7.36. The van der Waals surface area contributed by atoms with E-state index in [9.17, 15) is 22.8 Å². The van der Waals surface area contributed by atoms with Gasteiger partial charge in [-0.15, -0.1) is 11.8 Å². The Kier molecular flexibility index (Phi) is 5.31. The van der Waals surface area contributed by atoms with Crippen molar-refractivity contribution in [1.29, 1.82) is 0 Å². The molecular formula is C25H19F3N2O3S. The number of hydrogen-bond donors (Lipinski definition) is 0. The molecule has 3 aromatic rings. The van der Waals surface area contributed by atoms with Gasteiger partial charge in [-0.25, -0.2) is 0 Å². The van der Waals surface area contributed by atoms with Crippen molar-refractivity contribution in [1.82, 2.24) is 0 Å². The second kappa shape index (κ2) is 8.09. The molecule has 0 aliphatic carbocycles. The van der Waals surface area contributed by atoms with Crippen molar-refractivity contribution >= 4 is 35.0 Å². The average Bonchev–Trinajstić information content (AvgIpc) is 3.30. The van der Waals surface area contributed by atoms with Crippen molar-refractivity contribution in [2.24, 2.45) is 0 Å². The summed E-state index contributed by atoms with van der Waals surface area (Å²) in [7, 11) is 1.55. The van der Waals surface area contributed by atoms with Gasteiger partial charge < -0.3 is 9.64 Å². The highest BCUT2D eigenvalue weighted by Crippen LogP contribution is 2.56. The molecule has 1 saturated heterocycles. The van der Waals surface area contributed by atoms with E-state index in [0.29, 0.717) is 17.0 Å². The monoisotopic (exact) mass is 484 g/mol. The Bertz CT molecular complexity index is 1300. The summed E-state index contributed by atoms with van der Waals surface area (Å²) in [6, 6.07) is 18.9. The third kappa shape index (κ3) is 3.42. The van der Waals surface area contributed by atoms with Crippen molar-refractivity contribution in [3.63, 3.8) is 0 Å². The first-order valence-electron chi connectivity index (χ1n) is 10.4. The number of alkyl halides is 3. The lowest BCUT2D eigenvalue weighted by molar-refractivity contribution is -0.137. The first kappa shape index (κ1) is 22.3. The highest BCUT2D eigenvalue weighted by molar-refractivity contribution is 8.02. The molecule has 0 unspecified atom stereocenters. The maximum absolute atomic E-state index is 14.0. The van der Waals surface area contributed by atoms with Crippen LogP contribution in [0.2, 0.25) is 0 Å². The van der Waals surface area contributed by atoms with Gasteiger partial charge in [0.1, 0.15) is 5.75 Å². The summed E-state index contributed by atoms with van der Waals surface area (Å²) in [4.78, 5) is 28.4. The zero-order valence-corrected chi connectivity index (χ0v) is 18.8. The smallest absolute Gasteiger partial charge is 0.416 e. The number of rotatable bonds is 4. The van der Waals surface area contributed by atoms with Gasteiger partial charge >= 0.3 is 6.18 Å². The zero-order valence-electron chi connectivity index (χ0n) is 18.0. The first-order valence-corrected chi connectivity index (χ1v) is 11.4. The maximum Gasteiger partial charge on any atom is 0.416 e. The second-order valence-corrected chi connectivity index (χ2v) is 9.14. The SMILES string of the molecule is COc1cccc(CN2C(=O)[C@@]3(SCC(=O)N3c3cccc(C(F)(F)F)c3)c3ccccc32)c1. The van der Waals surface area contributed by atoms with E-state index in [-0.39, 0.29) is 23.9 Å². The van der Waals surface area contributed by atoms with Gasteiger partial charge in [-0.3, -0.25) is 14.5 Å². The van der Waals surface area contributed by atoms with Crippen molar-refractivity contribution < 1.29 is 27.5 Å². The van der Waals surface area contributed by atoms with E-state index in [2.05, 4.69) is 0 Å². The Balaban J connectivity index is 1.62. The van der Waals surface area contributed by atoms with Crippen LogP contribution in [0.4, 0.5) is 24.5 Å². The fourth-order valence-corrected chi connectivity index (χ4v) is 5.85. The van der Waals surface area contributed by atoms with E-state index >= 15 is 0 Å². The molecule has 0 radical (unpaired) electrons. The first-order chi connectivity index (χ1) is 16.3. The minimum Gasteiger partial charge on any atom is -0.497 e. The number of thioether (sulfide) groups is 1. The summed E-state index contributed by atoms with van der Waals surface area (Å²) in [5, 5.41) is 0. The van der Waals surface area contributed by atoms with Crippen molar-refractivity contribution in [2.75, 3.05) is 22.7 Å². The van der Waals surface area contributed by atoms with Gasteiger partial charge in [-0.1, -0.05) is 36.4 Å². The highest BCUT2D eigenvalue weighted by Gasteiger charge is 2.61. The Morgan fingerprint density at radius 2 is 1.76 bits per heavy atom. The van der Waals surface area contributed by atoms with Crippen molar-refractivity contribution in [2.45, 2.75) is 17.6 Å². The topological polar surface area (TPSA) is 49.9 Å². The van der Waals surface area contributed by atoms with Crippen LogP contribution in [0.25, 0.3) is 0 Å². The van der Waals surface area contributed by atoms with Gasteiger partial charge in [-0.05, 0) is 42.0 Å². The van der Waals surface area contributed by atoms with E-state index < -0.39 is 22.5 Å². The molecule has 9 heteroatoms. The molecule has 0 saturated carbocycles. The third-order valence-electron chi connectivity index (χ3n) is 5.97. The number of benzene rings is 3. The van der Waals surface area contributed by atoms with Crippen LogP contribution in [0, 0.1) is 0 Å². The summed E-state index contributed by atoms with van der Waals surface area (Å²) < 4.78 is 45.5. The Morgan fingerprint density at radius 3 is 2.53 bits per heavy atom. The molecule has 1 fully saturated rings. The van der Waals surface area contributed by atoms with Gasteiger partial charge in [0.2, 0.25) is 10.8 Å². The fourth-order valence-electron chi connectivity index (χ4n) is 4.49. The summed E-state index contributed by atoms with van der Waals surface area (Å²) in [5.41, 5.74) is 1.18. The molecule has 1 spiro atoms. The van der Waals surface area contributed by atoms with Crippen LogP contribution in [0.3, 0.4) is 0 Å². The number of methoxy groups -OCH3 is 1. The Hall–Kier alpha value is -3.46. The Morgan fingerprint density at radius 1 is 1.00 bits per heavy atom. The molecule has 5 nitrogen and oxygen atoms in total. The molecule has 2 heterocycles. The number of halogens is 3. The largest absolute Gasteiger partial charge is 0.497 e. The van der Waals surface area contributed by atoms with Crippen LogP contribution in [0.1, 0.15) is 16.7 Å². The number of ether oxygens (including phenoxy) is 1. The standard InChI is InChI=1S/C25H19F3N2O3S/c1-33-19-9-4-6-16(12-19)14-29-21-11-3-2-10-20(21)24(23(29)32)30(22(31)15-34-24)18-8-5-7-17(13-18)25(26,27)28/h2-13H,14-15H2,1H3/t24-/m0/s1. The molecule has 0 aromatic heterocycles. The van der Waals surface area contributed by atoms with Crippen LogP contribution in [-0.2, 0) is 27.2 Å². The molecule has 3 aromatic carbocycles. The molecule has 2 amide bonds. The lowest BCUT2D eigenvalue weighted by Gasteiger charge is -2.33. The van der Waals surface area contributed by atoms with E-state index in [1.807, 2.05) is 18.2 Å². The quantitative estimate of drug-likeness (QED) is 0.511. The number of fused-ring (bicyclic) bond motifs is 2. The van der Waals surface area contributed by atoms with Gasteiger partial charge in [0.15, 0.2) is 0 Å². The predicted octanol–water partition coefficient (Wildman–Crippen LogP) is 5.19. The predicted molar refractivity (Wildman–Crippen MR) is 124 cm³/mol. The number of carbonyl (C=O) groups is 2. The second-order valence-electron chi connectivity index (χ2n) is 7.97. The van der Waals surface area contributed by atoms with Crippen molar-refractivity contribution in [3.8, 4) is 5.75 Å². The average molecular weight is 484 g/mol. The molecule has 2 aliphatic rings. The minimum absolute atomic E-state index is 0.0245. The molecule has 0 bridgehead atoms. The molecule has 5 rings (SSSR count). The fraction of sp³-hybridized carbons (Fsp3) is 0.200. The van der Waals surface area contributed by atoms with Gasteiger partial charge in [0.05, 0.1) is 30.7 Å². The van der Waals surface area contributed by atoms with E-state index in [1.165, 1.54) is 17.0 Å². The van der Waals surface area contributed by atoms with Gasteiger partial charge in [0, 0.05) is 11.3 Å². The summed E-state index contributed by atoms with van der Waals surface area (Å²) in [6.45, 7) is 0.222. The van der Waals surface area contributed by atoms with Crippen LogP contribution in [0.15, 0.2) is 72.8 Å². The molecule has 2 aliphatic heterocycles. The number of nitrogens with zero attached hydrogens (tertiary/aromatic N) is 2. The summed E-state index contributed by atoms with van der Waals surface area (Å²) in [5.74, 6) is -0.174. The Labute approximate surface area is 198 Å². The molecule has 1 atom stereocenters.